The Morgan fingerprint density at radius 2 is 1.97 bits per heavy atom. The third-order valence-electron chi connectivity index (χ3n) is 5.33. The number of rotatable bonds is 6. The molecule has 8 nitrogen and oxygen atoms in total. The van der Waals surface area contributed by atoms with Gasteiger partial charge >= 0.3 is 0 Å². The van der Waals surface area contributed by atoms with Gasteiger partial charge in [-0.2, -0.15) is 5.10 Å². The van der Waals surface area contributed by atoms with Gasteiger partial charge in [-0.3, -0.25) is 10.2 Å². The first-order valence-corrected chi connectivity index (χ1v) is 9.88. The molecule has 3 aromatic rings. The van der Waals surface area contributed by atoms with Gasteiger partial charge in [-0.1, -0.05) is 12.1 Å². The predicted molar refractivity (Wildman–Crippen MR) is 115 cm³/mol. The van der Waals surface area contributed by atoms with E-state index in [4.69, 9.17) is 10.5 Å². The van der Waals surface area contributed by atoms with Gasteiger partial charge in [0.05, 0.1) is 24.5 Å². The molecule has 1 aliphatic heterocycles. The fraction of sp³-hybridized carbons (Fsp3) is 0.273. The number of hydrogen-bond acceptors (Lipinski definition) is 6. The van der Waals surface area contributed by atoms with Gasteiger partial charge in [0, 0.05) is 30.6 Å². The van der Waals surface area contributed by atoms with E-state index < -0.39 is 0 Å². The lowest BCUT2D eigenvalue weighted by Gasteiger charge is -2.19. The van der Waals surface area contributed by atoms with Gasteiger partial charge in [0.2, 0.25) is 0 Å². The number of nitrogens with two attached hydrogens (primary N) is 1. The molecule has 1 amide bonds. The largest absolute Gasteiger partial charge is 0.497 e. The molecule has 2 heterocycles. The Morgan fingerprint density at radius 1 is 1.23 bits per heavy atom. The minimum atomic E-state index is -0.105. The zero-order valence-corrected chi connectivity index (χ0v) is 17.1. The van der Waals surface area contributed by atoms with Crippen molar-refractivity contribution in [3.8, 4) is 11.4 Å². The van der Waals surface area contributed by atoms with Crippen molar-refractivity contribution in [2.45, 2.75) is 13.0 Å². The van der Waals surface area contributed by atoms with Crippen LogP contribution in [-0.4, -0.2) is 35.9 Å². The van der Waals surface area contributed by atoms with Gasteiger partial charge in [-0.05, 0) is 48.9 Å². The fourth-order valence-corrected chi connectivity index (χ4v) is 3.70. The van der Waals surface area contributed by atoms with E-state index in [9.17, 15) is 4.79 Å². The highest BCUT2D eigenvalue weighted by Crippen LogP contribution is 2.26. The Bertz CT molecular complexity index is 1010. The first-order valence-electron chi connectivity index (χ1n) is 9.88. The van der Waals surface area contributed by atoms with Gasteiger partial charge in [-0.25, -0.2) is 10.1 Å². The standard InChI is InChI=1S/C22H26N6O2/c1-14-11-20(23)28(27-14)18-7-3-16(4-8-18)22(29)24-12-17-13-25-26-21(17)15-5-9-19(30-2)10-6-15/h3-11,17,21,25-26H,12-13,23H2,1-2H3,(H,24,29). The van der Waals surface area contributed by atoms with Crippen LogP contribution in [0.15, 0.2) is 54.6 Å². The van der Waals surface area contributed by atoms with Crippen LogP contribution in [0.25, 0.3) is 5.69 Å². The molecule has 4 rings (SSSR count). The maximum absolute atomic E-state index is 12.6. The number of anilines is 1. The second-order valence-electron chi connectivity index (χ2n) is 7.42. The molecule has 5 N–H and O–H groups in total. The molecule has 2 atom stereocenters. The second kappa shape index (κ2) is 8.56. The Hall–Kier alpha value is -3.36. The van der Waals surface area contributed by atoms with Crippen molar-refractivity contribution >= 4 is 11.7 Å². The maximum atomic E-state index is 12.6. The van der Waals surface area contributed by atoms with E-state index in [1.54, 1.807) is 23.9 Å². The van der Waals surface area contributed by atoms with E-state index in [-0.39, 0.29) is 17.9 Å². The predicted octanol–water partition coefficient (Wildman–Crippen LogP) is 1.97. The number of nitrogens with one attached hydrogen (secondary N) is 3. The van der Waals surface area contributed by atoms with Crippen LogP contribution in [0.4, 0.5) is 5.82 Å². The molecule has 0 bridgehead atoms. The van der Waals surface area contributed by atoms with E-state index >= 15 is 0 Å². The van der Waals surface area contributed by atoms with Crippen LogP contribution in [0.3, 0.4) is 0 Å². The summed E-state index contributed by atoms with van der Waals surface area (Å²) in [7, 11) is 1.65. The lowest BCUT2D eigenvalue weighted by Crippen LogP contribution is -2.32. The first kappa shape index (κ1) is 19.9. The van der Waals surface area contributed by atoms with Crippen LogP contribution in [-0.2, 0) is 0 Å². The van der Waals surface area contributed by atoms with Gasteiger partial charge in [0.15, 0.2) is 0 Å². The number of carbonyl (C=O) groups is 1. The summed E-state index contributed by atoms with van der Waals surface area (Å²) in [4.78, 5) is 12.6. The van der Waals surface area contributed by atoms with Gasteiger partial charge < -0.3 is 15.8 Å². The molecule has 0 saturated carbocycles. The summed E-state index contributed by atoms with van der Waals surface area (Å²) in [5, 5.41) is 7.41. The van der Waals surface area contributed by atoms with E-state index in [2.05, 4.69) is 21.3 Å². The van der Waals surface area contributed by atoms with Crippen LogP contribution in [0, 0.1) is 12.8 Å². The molecule has 1 aromatic heterocycles. The highest BCUT2D eigenvalue weighted by atomic mass is 16.5. The first-order chi connectivity index (χ1) is 14.5. The summed E-state index contributed by atoms with van der Waals surface area (Å²) in [6.07, 6.45) is 0. The van der Waals surface area contributed by atoms with E-state index in [1.165, 1.54) is 0 Å². The minimum Gasteiger partial charge on any atom is -0.497 e. The van der Waals surface area contributed by atoms with Crippen LogP contribution < -0.4 is 26.6 Å². The quantitative estimate of drug-likeness (QED) is 0.499. The van der Waals surface area contributed by atoms with Gasteiger partial charge in [-0.15, -0.1) is 0 Å². The average molecular weight is 406 g/mol. The molecule has 1 fully saturated rings. The molecule has 1 saturated heterocycles. The third kappa shape index (κ3) is 4.14. The van der Waals surface area contributed by atoms with E-state index in [0.29, 0.717) is 17.9 Å². The second-order valence-corrected chi connectivity index (χ2v) is 7.42. The molecule has 156 valence electrons. The number of hydrogen-bond donors (Lipinski definition) is 4. The van der Waals surface area contributed by atoms with Crippen molar-refractivity contribution in [1.29, 1.82) is 0 Å². The summed E-state index contributed by atoms with van der Waals surface area (Å²) in [5.74, 6) is 1.51. The molecule has 30 heavy (non-hydrogen) atoms. The lowest BCUT2D eigenvalue weighted by molar-refractivity contribution is 0.0947. The number of nitrogen functional groups attached to an aromatic ring is 1. The zero-order valence-electron chi connectivity index (χ0n) is 17.1. The molecule has 0 spiro atoms. The van der Waals surface area contributed by atoms with Crippen molar-refractivity contribution in [3.05, 3.63) is 71.4 Å². The zero-order chi connectivity index (χ0) is 21.1. The number of amides is 1. The minimum absolute atomic E-state index is 0.105. The normalized spacial score (nSPS) is 18.3. The van der Waals surface area contributed by atoms with Crippen molar-refractivity contribution < 1.29 is 9.53 Å². The van der Waals surface area contributed by atoms with Gasteiger partial charge in [0.25, 0.3) is 5.91 Å². The van der Waals surface area contributed by atoms with E-state index in [0.717, 1.165) is 29.2 Å². The van der Waals surface area contributed by atoms with Crippen LogP contribution in [0.1, 0.15) is 27.7 Å². The summed E-state index contributed by atoms with van der Waals surface area (Å²) in [5.41, 5.74) is 15.9. The number of aryl methyl sites for hydroxylation is 1. The number of hydrazine groups is 1. The van der Waals surface area contributed by atoms with E-state index in [1.807, 2.05) is 49.4 Å². The number of aromatic nitrogens is 2. The number of benzene rings is 2. The SMILES string of the molecule is COc1ccc(C2NNCC2CNC(=O)c2ccc(-n3nc(C)cc3N)cc2)cc1. The van der Waals surface area contributed by atoms with Crippen molar-refractivity contribution in [2.75, 3.05) is 25.9 Å². The molecule has 2 unspecified atom stereocenters. The lowest BCUT2D eigenvalue weighted by atomic mass is 9.94. The average Bonchev–Trinajstić information content (AvgIpc) is 3.37. The summed E-state index contributed by atoms with van der Waals surface area (Å²) in [6, 6.07) is 17.2. The molecule has 0 aliphatic carbocycles. The van der Waals surface area contributed by atoms with Crippen molar-refractivity contribution in [1.82, 2.24) is 25.9 Å². The molecule has 1 aliphatic rings. The highest BCUT2D eigenvalue weighted by Gasteiger charge is 2.28. The summed E-state index contributed by atoms with van der Waals surface area (Å²) < 4.78 is 6.88. The van der Waals surface area contributed by atoms with Crippen molar-refractivity contribution in [2.24, 2.45) is 5.92 Å². The molecule has 2 aromatic carbocycles. The van der Waals surface area contributed by atoms with Gasteiger partial charge in [0.1, 0.15) is 11.6 Å². The fourth-order valence-electron chi connectivity index (χ4n) is 3.70. The Morgan fingerprint density at radius 3 is 2.60 bits per heavy atom. The van der Waals surface area contributed by atoms with Crippen LogP contribution in [0.5, 0.6) is 5.75 Å². The van der Waals surface area contributed by atoms with Crippen LogP contribution >= 0.6 is 0 Å². The Labute approximate surface area is 175 Å². The number of methoxy groups -OCH3 is 1. The summed E-state index contributed by atoms with van der Waals surface area (Å²) in [6.45, 7) is 3.22. The Kier molecular flexibility index (Phi) is 5.69. The number of nitrogens with zero attached hydrogens (tertiary/aromatic N) is 2. The van der Waals surface area contributed by atoms with Crippen molar-refractivity contribution in [3.63, 3.8) is 0 Å². The smallest absolute Gasteiger partial charge is 0.251 e. The third-order valence-corrected chi connectivity index (χ3v) is 5.33. The molecule has 0 radical (unpaired) electrons. The van der Waals surface area contributed by atoms with Crippen LogP contribution in [0.2, 0.25) is 0 Å². The Balaban J connectivity index is 1.38. The monoisotopic (exact) mass is 406 g/mol. The molecular formula is C22H26N6O2. The highest BCUT2D eigenvalue weighted by molar-refractivity contribution is 5.94. The number of ether oxygens (including phenoxy) is 1. The molecular weight excluding hydrogens is 380 g/mol. The topological polar surface area (TPSA) is 106 Å². The molecule has 8 heteroatoms. The number of carbonyl (C=O) groups excluding carboxylic acids is 1. The summed E-state index contributed by atoms with van der Waals surface area (Å²) >= 11 is 0. The maximum Gasteiger partial charge on any atom is 0.251 e.